The van der Waals surface area contributed by atoms with Crippen LogP contribution >= 0.6 is 0 Å². The number of fused-ring (bicyclic) bond motifs is 1. The number of carbonyl (C=O) groups is 2. The van der Waals surface area contributed by atoms with Crippen LogP contribution in [0.15, 0.2) is 24.5 Å². The molecule has 2 aromatic rings. The van der Waals surface area contributed by atoms with Gasteiger partial charge in [0.1, 0.15) is 5.82 Å². The lowest BCUT2D eigenvalue weighted by Crippen LogP contribution is -2.66. The highest BCUT2D eigenvalue weighted by atomic mass is 19.1. The van der Waals surface area contributed by atoms with E-state index in [9.17, 15) is 14.0 Å². The van der Waals surface area contributed by atoms with Crippen LogP contribution in [0.4, 0.5) is 10.1 Å². The molecule has 4 bridgehead atoms. The zero-order valence-corrected chi connectivity index (χ0v) is 16.5. The number of rotatable bonds is 3. The summed E-state index contributed by atoms with van der Waals surface area (Å²) in [6.07, 6.45) is 7.44. The molecule has 2 amide bonds. The summed E-state index contributed by atoms with van der Waals surface area (Å²) in [6.45, 7) is 0. The minimum atomic E-state index is -0.609. The van der Waals surface area contributed by atoms with E-state index < -0.39 is 11.7 Å². The van der Waals surface area contributed by atoms with E-state index in [-0.39, 0.29) is 29.3 Å². The number of anilines is 1. The van der Waals surface area contributed by atoms with E-state index >= 15 is 0 Å². The number of benzene rings is 1. The first-order chi connectivity index (χ1) is 14.4. The number of halogens is 1. The number of hydrogen-bond acceptors (Lipinski definition) is 5. The van der Waals surface area contributed by atoms with E-state index in [1.54, 1.807) is 10.9 Å². The summed E-state index contributed by atoms with van der Waals surface area (Å²) in [4.78, 5) is 27.4. The first-order valence-corrected chi connectivity index (χ1v) is 10.6. The van der Waals surface area contributed by atoms with Gasteiger partial charge in [0, 0.05) is 17.6 Å². The maximum absolute atomic E-state index is 13.6. The highest BCUT2D eigenvalue weighted by Crippen LogP contribution is 2.60. The third-order valence-corrected chi connectivity index (χ3v) is 7.56. The predicted molar refractivity (Wildman–Crippen MR) is 104 cm³/mol. The molecule has 8 nitrogen and oxygen atoms in total. The summed E-state index contributed by atoms with van der Waals surface area (Å²) >= 11 is 0. The van der Waals surface area contributed by atoms with E-state index in [1.807, 2.05) is 0 Å². The molecular formula is C21H23FN6O2. The number of nitrogens with one attached hydrogen (secondary N) is 2. The van der Waals surface area contributed by atoms with Gasteiger partial charge >= 0.3 is 0 Å². The van der Waals surface area contributed by atoms with Crippen molar-refractivity contribution in [3.05, 3.63) is 35.9 Å². The predicted octanol–water partition coefficient (Wildman–Crippen LogP) is 2.10. The Labute approximate surface area is 172 Å². The summed E-state index contributed by atoms with van der Waals surface area (Å²) in [5.41, 5.74) is 0.549. The first-order valence-electron chi connectivity index (χ1n) is 10.6. The van der Waals surface area contributed by atoms with Crippen LogP contribution in [0.5, 0.6) is 0 Å². The lowest BCUT2D eigenvalue weighted by Gasteiger charge is -2.61. The summed E-state index contributed by atoms with van der Waals surface area (Å²) < 4.78 is 13.6. The van der Waals surface area contributed by atoms with Crippen LogP contribution in [0.25, 0.3) is 0 Å². The lowest BCUT2D eigenvalue weighted by molar-refractivity contribution is -0.134. The molecular weight excluding hydrogens is 387 g/mol. The Balaban J connectivity index is 1.31. The molecule has 2 heterocycles. The molecule has 3 unspecified atom stereocenters. The SMILES string of the molecule is O=C1CC(C(=O)NC23CC4CC(C2)CC(n2ncnn2)(C4)C3)c2ccc(F)cc2N1. The van der Waals surface area contributed by atoms with Crippen LogP contribution in [0.2, 0.25) is 0 Å². The number of carbonyl (C=O) groups excluding carboxylic acids is 2. The molecule has 3 atom stereocenters. The molecule has 7 rings (SSSR count). The molecule has 4 saturated carbocycles. The fraction of sp³-hybridized carbons (Fsp3) is 0.571. The smallest absolute Gasteiger partial charge is 0.228 e. The van der Waals surface area contributed by atoms with Crippen molar-refractivity contribution >= 4 is 17.5 Å². The average molecular weight is 410 g/mol. The molecule has 30 heavy (non-hydrogen) atoms. The van der Waals surface area contributed by atoms with Crippen molar-refractivity contribution in [3.63, 3.8) is 0 Å². The standard InChI is InChI=1S/C21H23FN6O2/c22-14-1-2-15-16(5-18(29)25-17(15)4-14)19(30)26-20-6-12-3-13(7-20)9-21(8-12,10-20)28-24-11-23-27-28/h1-2,4,11-13,16H,3,5-10H2,(H,25,29)(H,26,30). The average Bonchev–Trinajstić information content (AvgIpc) is 3.21. The van der Waals surface area contributed by atoms with Gasteiger partial charge in [-0.3, -0.25) is 9.59 Å². The molecule has 2 N–H and O–H groups in total. The van der Waals surface area contributed by atoms with Gasteiger partial charge in [0.05, 0.1) is 11.5 Å². The molecule has 0 spiro atoms. The summed E-state index contributed by atoms with van der Waals surface area (Å²) in [5, 5.41) is 18.5. The van der Waals surface area contributed by atoms with Gasteiger partial charge in [-0.2, -0.15) is 4.80 Å². The number of amides is 2. The Morgan fingerprint density at radius 2 is 2.03 bits per heavy atom. The van der Waals surface area contributed by atoms with E-state index in [1.165, 1.54) is 24.9 Å². The van der Waals surface area contributed by atoms with Gasteiger partial charge in [-0.25, -0.2) is 4.39 Å². The van der Waals surface area contributed by atoms with Gasteiger partial charge < -0.3 is 10.6 Å². The van der Waals surface area contributed by atoms with Gasteiger partial charge in [-0.05, 0) is 73.3 Å². The molecule has 1 aromatic heterocycles. The minimum absolute atomic E-state index is 0.0726. The van der Waals surface area contributed by atoms with Crippen LogP contribution in [-0.2, 0) is 15.1 Å². The second-order valence-corrected chi connectivity index (χ2v) is 9.72. The van der Waals surface area contributed by atoms with Gasteiger partial charge in [-0.1, -0.05) is 6.07 Å². The Kier molecular flexibility index (Phi) is 3.65. The van der Waals surface area contributed by atoms with Gasteiger partial charge in [0.2, 0.25) is 11.8 Å². The Morgan fingerprint density at radius 3 is 2.77 bits per heavy atom. The number of aromatic nitrogens is 4. The summed E-state index contributed by atoms with van der Waals surface area (Å²) in [5.74, 6) is -0.410. The van der Waals surface area contributed by atoms with Crippen molar-refractivity contribution in [2.75, 3.05) is 5.32 Å². The second kappa shape index (κ2) is 6.09. The molecule has 1 aliphatic heterocycles. The monoisotopic (exact) mass is 410 g/mol. The van der Waals surface area contributed by atoms with Crippen molar-refractivity contribution in [1.29, 1.82) is 0 Å². The zero-order valence-electron chi connectivity index (χ0n) is 16.5. The third-order valence-electron chi connectivity index (χ3n) is 7.56. The normalized spacial score (nSPS) is 36.3. The maximum Gasteiger partial charge on any atom is 0.228 e. The van der Waals surface area contributed by atoms with Crippen LogP contribution in [-0.4, -0.2) is 37.6 Å². The zero-order chi connectivity index (χ0) is 20.5. The van der Waals surface area contributed by atoms with Crippen LogP contribution in [0.3, 0.4) is 0 Å². The lowest BCUT2D eigenvalue weighted by atomic mass is 9.50. The van der Waals surface area contributed by atoms with E-state index in [2.05, 4.69) is 26.0 Å². The molecule has 9 heteroatoms. The topological polar surface area (TPSA) is 102 Å². The van der Waals surface area contributed by atoms with Crippen LogP contribution in [0.1, 0.15) is 56.4 Å². The molecule has 4 fully saturated rings. The van der Waals surface area contributed by atoms with Gasteiger partial charge in [0.15, 0.2) is 6.33 Å². The highest BCUT2D eigenvalue weighted by molar-refractivity contribution is 6.01. The number of tetrazole rings is 1. The Morgan fingerprint density at radius 1 is 1.23 bits per heavy atom. The molecule has 0 saturated heterocycles. The second-order valence-electron chi connectivity index (χ2n) is 9.72. The van der Waals surface area contributed by atoms with Crippen molar-refractivity contribution in [3.8, 4) is 0 Å². The minimum Gasteiger partial charge on any atom is -0.350 e. The molecule has 156 valence electrons. The largest absolute Gasteiger partial charge is 0.350 e. The maximum atomic E-state index is 13.6. The van der Waals surface area contributed by atoms with E-state index in [4.69, 9.17) is 0 Å². The quantitative estimate of drug-likeness (QED) is 0.807. The number of hydrogen-bond donors (Lipinski definition) is 2. The summed E-state index contributed by atoms with van der Waals surface area (Å²) in [7, 11) is 0. The first kappa shape index (κ1) is 18.0. The molecule has 5 aliphatic rings. The Bertz CT molecular complexity index is 1020. The van der Waals surface area contributed by atoms with Gasteiger partial charge in [0.25, 0.3) is 0 Å². The van der Waals surface area contributed by atoms with Gasteiger partial charge in [-0.15, -0.1) is 10.2 Å². The molecule has 0 radical (unpaired) electrons. The van der Waals surface area contributed by atoms with Crippen molar-refractivity contribution < 1.29 is 14.0 Å². The van der Waals surface area contributed by atoms with Crippen molar-refractivity contribution in [2.24, 2.45) is 11.8 Å². The molecule has 1 aromatic carbocycles. The third kappa shape index (κ3) is 2.67. The fourth-order valence-corrected chi connectivity index (χ4v) is 7.00. The van der Waals surface area contributed by atoms with Crippen LogP contribution in [0, 0.1) is 17.7 Å². The molecule has 4 aliphatic carbocycles. The summed E-state index contributed by atoms with van der Waals surface area (Å²) in [6, 6.07) is 4.23. The van der Waals surface area contributed by atoms with Crippen molar-refractivity contribution in [2.45, 2.75) is 61.9 Å². The Hall–Kier alpha value is -2.84. The highest BCUT2D eigenvalue weighted by Gasteiger charge is 2.60. The van der Waals surface area contributed by atoms with Crippen molar-refractivity contribution in [1.82, 2.24) is 25.5 Å². The van der Waals surface area contributed by atoms with E-state index in [0.717, 1.165) is 32.1 Å². The van der Waals surface area contributed by atoms with E-state index in [0.29, 0.717) is 23.1 Å². The van der Waals surface area contributed by atoms with Crippen LogP contribution < -0.4 is 10.6 Å². The fourth-order valence-electron chi connectivity index (χ4n) is 7.00. The number of nitrogens with zero attached hydrogens (tertiary/aromatic N) is 4.